The summed E-state index contributed by atoms with van der Waals surface area (Å²) in [4.78, 5) is 10.5. The Balaban J connectivity index is 3.41. The molecule has 0 saturated heterocycles. The maximum Gasteiger partial charge on any atom is 0.303 e. The molecule has 0 fully saturated rings. The van der Waals surface area contributed by atoms with Crippen LogP contribution >= 0.6 is 0 Å². The molecule has 0 saturated carbocycles. The van der Waals surface area contributed by atoms with Crippen LogP contribution in [0.2, 0.25) is 0 Å². The summed E-state index contributed by atoms with van der Waals surface area (Å²) in [5, 5.41) is 18.4. The van der Waals surface area contributed by atoms with Crippen LogP contribution in [-0.2, 0) is 4.79 Å². The van der Waals surface area contributed by atoms with Crippen molar-refractivity contribution >= 4 is 5.97 Å². The predicted octanol–water partition coefficient (Wildman–Crippen LogP) is 10.2. The molecule has 210 valence electrons. The van der Waals surface area contributed by atoms with Gasteiger partial charge >= 0.3 is 5.97 Å². The number of aliphatic hydroxyl groups is 1. The monoisotopic (exact) mass is 512 g/mol. The van der Waals surface area contributed by atoms with Crippen LogP contribution in [0.25, 0.3) is 0 Å². The molecule has 0 unspecified atom stereocenters. The van der Waals surface area contributed by atoms with E-state index >= 15 is 0 Å². The second kappa shape index (κ2) is 30.1. The van der Waals surface area contributed by atoms with Crippen LogP contribution in [-0.4, -0.2) is 22.3 Å². The first-order chi connectivity index (χ1) is 18.2. The molecule has 0 aromatic heterocycles. The van der Waals surface area contributed by atoms with Gasteiger partial charge in [0.1, 0.15) is 0 Å². The first kappa shape index (κ1) is 34.9. The van der Waals surface area contributed by atoms with E-state index in [2.05, 4.69) is 55.5 Å². The Bertz CT molecular complexity index is 667. The fourth-order valence-corrected chi connectivity index (χ4v) is 3.97. The van der Waals surface area contributed by atoms with Crippen LogP contribution < -0.4 is 0 Å². The van der Waals surface area contributed by atoms with E-state index < -0.39 is 12.1 Å². The Morgan fingerprint density at radius 3 is 1.62 bits per heavy atom. The van der Waals surface area contributed by atoms with E-state index in [-0.39, 0.29) is 0 Å². The molecule has 1 atom stereocenters. The molecule has 0 bridgehead atoms. The normalized spacial score (nSPS) is 13.6. The van der Waals surface area contributed by atoms with Gasteiger partial charge in [-0.05, 0) is 51.4 Å². The van der Waals surface area contributed by atoms with Crippen LogP contribution in [0.3, 0.4) is 0 Å². The molecule has 0 aliphatic carbocycles. The van der Waals surface area contributed by atoms with Crippen molar-refractivity contribution in [3.05, 3.63) is 72.9 Å². The van der Waals surface area contributed by atoms with Gasteiger partial charge in [-0.3, -0.25) is 4.79 Å². The predicted molar refractivity (Wildman–Crippen MR) is 162 cm³/mol. The first-order valence-electron chi connectivity index (χ1n) is 15.0. The molecular formula is C34H56O3. The fourth-order valence-electron chi connectivity index (χ4n) is 3.97. The van der Waals surface area contributed by atoms with Gasteiger partial charge in [0.25, 0.3) is 0 Å². The van der Waals surface area contributed by atoms with Gasteiger partial charge < -0.3 is 10.2 Å². The zero-order chi connectivity index (χ0) is 27.1. The molecule has 3 nitrogen and oxygen atoms in total. The molecule has 0 heterocycles. The Hall–Kier alpha value is -2.13. The molecule has 0 aromatic carbocycles. The topological polar surface area (TPSA) is 57.5 Å². The van der Waals surface area contributed by atoms with Crippen molar-refractivity contribution in [1.29, 1.82) is 0 Å². The van der Waals surface area contributed by atoms with Gasteiger partial charge in [-0.1, -0.05) is 144 Å². The highest BCUT2D eigenvalue weighted by Crippen LogP contribution is 2.13. The van der Waals surface area contributed by atoms with E-state index in [9.17, 15) is 9.90 Å². The Kier molecular flexibility index (Phi) is 28.4. The van der Waals surface area contributed by atoms with Crippen molar-refractivity contribution in [2.24, 2.45) is 0 Å². The third-order valence-electron chi connectivity index (χ3n) is 6.19. The summed E-state index contributed by atoms with van der Waals surface area (Å²) in [6, 6.07) is 0. The number of unbranched alkanes of at least 4 members (excludes halogenated alkanes) is 12. The lowest BCUT2D eigenvalue weighted by atomic mass is 10.0. The molecule has 3 heteroatoms. The number of aliphatic carboxylic acids is 1. The van der Waals surface area contributed by atoms with Crippen molar-refractivity contribution in [1.82, 2.24) is 0 Å². The number of carbonyl (C=O) groups is 1. The average molecular weight is 513 g/mol. The SMILES string of the molecule is CC/C=C\C[C@H](O)/C=C/C=C\C/C=C\C/C=C\C/C=C\CCCCCCCCCCCCCCC(=O)O. The lowest BCUT2D eigenvalue weighted by Gasteiger charge is -2.02. The molecule has 0 rings (SSSR count). The number of hydrogen-bond acceptors (Lipinski definition) is 2. The number of carboxylic acids is 1. The number of aliphatic hydroxyl groups excluding tert-OH is 1. The molecule has 0 amide bonds. The number of allylic oxidation sites excluding steroid dienone is 10. The summed E-state index contributed by atoms with van der Waals surface area (Å²) >= 11 is 0. The smallest absolute Gasteiger partial charge is 0.303 e. The summed E-state index contributed by atoms with van der Waals surface area (Å²) in [6.07, 6.45) is 46.2. The van der Waals surface area contributed by atoms with Gasteiger partial charge in [-0.25, -0.2) is 0 Å². The highest BCUT2D eigenvalue weighted by molar-refractivity contribution is 5.66. The Morgan fingerprint density at radius 2 is 1.08 bits per heavy atom. The van der Waals surface area contributed by atoms with E-state index in [0.717, 1.165) is 38.5 Å². The minimum Gasteiger partial charge on any atom is -0.481 e. The zero-order valence-electron chi connectivity index (χ0n) is 23.7. The maximum absolute atomic E-state index is 10.5. The molecule has 37 heavy (non-hydrogen) atoms. The molecule has 0 spiro atoms. The van der Waals surface area contributed by atoms with E-state index in [1.807, 2.05) is 24.3 Å². The van der Waals surface area contributed by atoms with E-state index in [4.69, 9.17) is 5.11 Å². The number of hydrogen-bond donors (Lipinski definition) is 2. The van der Waals surface area contributed by atoms with Gasteiger partial charge in [0.15, 0.2) is 0 Å². The highest BCUT2D eigenvalue weighted by atomic mass is 16.4. The van der Waals surface area contributed by atoms with Crippen LogP contribution in [0.15, 0.2) is 72.9 Å². The zero-order valence-corrected chi connectivity index (χ0v) is 23.7. The third-order valence-corrected chi connectivity index (χ3v) is 6.19. The first-order valence-corrected chi connectivity index (χ1v) is 15.0. The number of rotatable bonds is 26. The number of carboxylic acid groups (broad SMARTS) is 1. The van der Waals surface area contributed by atoms with Crippen LogP contribution in [0.5, 0.6) is 0 Å². The Labute approximate surface area is 228 Å². The van der Waals surface area contributed by atoms with Gasteiger partial charge in [-0.15, -0.1) is 0 Å². The minimum absolute atomic E-state index is 0.328. The highest BCUT2D eigenvalue weighted by Gasteiger charge is 1.97. The Morgan fingerprint density at radius 1 is 0.595 bits per heavy atom. The van der Waals surface area contributed by atoms with Crippen LogP contribution in [0.1, 0.15) is 129 Å². The molecule has 2 N–H and O–H groups in total. The molecular weight excluding hydrogens is 456 g/mol. The van der Waals surface area contributed by atoms with Crippen molar-refractivity contribution in [2.75, 3.05) is 0 Å². The molecule has 0 aliphatic heterocycles. The summed E-state index contributed by atoms with van der Waals surface area (Å²) in [5.41, 5.74) is 0. The van der Waals surface area contributed by atoms with E-state index in [0.29, 0.717) is 12.8 Å². The lowest BCUT2D eigenvalue weighted by Crippen LogP contribution is -1.98. The van der Waals surface area contributed by atoms with Gasteiger partial charge in [0.05, 0.1) is 6.10 Å². The van der Waals surface area contributed by atoms with Gasteiger partial charge in [0.2, 0.25) is 0 Å². The van der Waals surface area contributed by atoms with Crippen molar-refractivity contribution in [3.8, 4) is 0 Å². The summed E-state index contributed by atoms with van der Waals surface area (Å²) in [7, 11) is 0. The summed E-state index contributed by atoms with van der Waals surface area (Å²) < 4.78 is 0. The van der Waals surface area contributed by atoms with Gasteiger partial charge in [-0.2, -0.15) is 0 Å². The van der Waals surface area contributed by atoms with Crippen LogP contribution in [0.4, 0.5) is 0 Å². The standard InChI is InChI=1S/C34H56O3/c1-2-3-27-30-33(35)31-28-25-23-21-19-17-15-13-11-9-7-5-4-6-8-10-12-14-16-18-20-22-24-26-29-32-34(36)37/h3,5,7,11,13,17,19,23,25,27-28,31,33,35H,2,4,6,8-10,12,14-16,18,20-22,24,26,29-30,32H2,1H3,(H,36,37)/b7-5-,13-11-,19-17-,25-23-,27-3-,31-28+/t33-/m0/s1. The maximum atomic E-state index is 10.5. The van der Waals surface area contributed by atoms with E-state index in [1.54, 1.807) is 0 Å². The second-order valence-electron chi connectivity index (χ2n) is 9.79. The average Bonchev–Trinajstić information content (AvgIpc) is 2.88. The van der Waals surface area contributed by atoms with Gasteiger partial charge in [0, 0.05) is 6.42 Å². The van der Waals surface area contributed by atoms with Crippen molar-refractivity contribution in [2.45, 2.75) is 135 Å². The molecule has 0 aliphatic rings. The van der Waals surface area contributed by atoms with Crippen LogP contribution in [0, 0.1) is 0 Å². The summed E-state index contributed by atoms with van der Waals surface area (Å²) in [5.74, 6) is -0.665. The van der Waals surface area contributed by atoms with Crippen molar-refractivity contribution in [3.63, 3.8) is 0 Å². The largest absolute Gasteiger partial charge is 0.481 e. The van der Waals surface area contributed by atoms with Crippen molar-refractivity contribution < 1.29 is 15.0 Å². The molecule has 0 radical (unpaired) electrons. The fraction of sp³-hybridized carbons (Fsp3) is 0.618. The quantitative estimate of drug-likeness (QED) is 0.0688. The minimum atomic E-state index is -0.665. The molecule has 0 aromatic rings. The third kappa shape index (κ3) is 31.8. The lowest BCUT2D eigenvalue weighted by molar-refractivity contribution is -0.137. The second-order valence-corrected chi connectivity index (χ2v) is 9.79. The summed E-state index contributed by atoms with van der Waals surface area (Å²) in [6.45, 7) is 2.09. The van der Waals surface area contributed by atoms with E-state index in [1.165, 1.54) is 70.6 Å².